The minimum Gasteiger partial charge on any atom is -0.506 e. The number of hydrogen-bond acceptors (Lipinski definition) is 12. The van der Waals surface area contributed by atoms with E-state index in [-0.39, 0.29) is 0 Å². The van der Waals surface area contributed by atoms with Gasteiger partial charge in [0.1, 0.15) is 54.6 Å². The number of aromatic hydroxyl groups is 1. The van der Waals surface area contributed by atoms with E-state index < -0.39 is 74.6 Å². The van der Waals surface area contributed by atoms with Gasteiger partial charge in [0.15, 0.2) is 12.6 Å². The summed E-state index contributed by atoms with van der Waals surface area (Å²) in [4.78, 5) is 0. The molecule has 12 nitrogen and oxygen atoms in total. The quantitative estimate of drug-likeness (QED) is 0.192. The number of phenolic OH excluding ortho intramolecular Hbond substituents is 1. The third-order valence-corrected chi connectivity index (χ3v) is 6.94. The highest BCUT2D eigenvalue weighted by Crippen LogP contribution is 2.34. The van der Waals surface area contributed by atoms with Gasteiger partial charge in [0, 0.05) is 0 Å². The molecular formula is C22H35BrO12. The van der Waals surface area contributed by atoms with Crippen LogP contribution < -0.4 is 0 Å². The van der Waals surface area contributed by atoms with E-state index >= 15 is 0 Å². The second kappa shape index (κ2) is 13.0. The number of hydrogen-bond donors (Lipinski definition) is 9. The van der Waals surface area contributed by atoms with Crippen molar-refractivity contribution in [2.75, 3.05) is 13.2 Å². The SMILES string of the molecule is Cc1ccc(C(C)C)c(O)c1Br.OC[C@H]1O[C@@H](O[C@H]2[C@H](O)[C@@H](O)C(O)O[C@@H]2CO)[C@H](O)[C@@H](O)[C@H]1O. The van der Waals surface area contributed by atoms with E-state index in [0.29, 0.717) is 11.7 Å². The number of phenols is 1. The molecule has 2 fully saturated rings. The predicted molar refractivity (Wildman–Crippen MR) is 123 cm³/mol. The lowest BCUT2D eigenvalue weighted by atomic mass is 9.97. The fraction of sp³-hybridized carbons (Fsp3) is 0.727. The Bertz CT molecular complexity index is 807. The fourth-order valence-corrected chi connectivity index (χ4v) is 4.08. The van der Waals surface area contributed by atoms with Crippen LogP contribution in [0.4, 0.5) is 0 Å². The highest BCUT2D eigenvalue weighted by molar-refractivity contribution is 9.10. The van der Waals surface area contributed by atoms with Crippen LogP contribution in [0.2, 0.25) is 0 Å². The molecule has 1 unspecified atom stereocenters. The van der Waals surface area contributed by atoms with Crippen molar-refractivity contribution in [1.82, 2.24) is 0 Å². The Morgan fingerprint density at radius 2 is 1.46 bits per heavy atom. The summed E-state index contributed by atoms with van der Waals surface area (Å²) in [7, 11) is 0. The Labute approximate surface area is 211 Å². The first kappa shape index (κ1) is 30.3. The van der Waals surface area contributed by atoms with Crippen LogP contribution >= 0.6 is 15.9 Å². The van der Waals surface area contributed by atoms with Crippen LogP contribution in [0.15, 0.2) is 16.6 Å². The molecule has 202 valence electrons. The molecule has 2 aliphatic heterocycles. The Morgan fingerprint density at radius 1 is 0.857 bits per heavy atom. The van der Waals surface area contributed by atoms with Crippen molar-refractivity contribution in [2.24, 2.45) is 0 Å². The monoisotopic (exact) mass is 570 g/mol. The first-order valence-corrected chi connectivity index (χ1v) is 11.9. The number of aliphatic hydroxyl groups is 8. The summed E-state index contributed by atoms with van der Waals surface area (Å²) in [6.45, 7) is 4.75. The van der Waals surface area contributed by atoms with Gasteiger partial charge in [0.25, 0.3) is 0 Å². The van der Waals surface area contributed by atoms with Gasteiger partial charge in [-0.3, -0.25) is 0 Å². The third kappa shape index (κ3) is 6.89. The van der Waals surface area contributed by atoms with Gasteiger partial charge in [0.05, 0.1) is 17.7 Å². The van der Waals surface area contributed by atoms with Gasteiger partial charge in [-0.15, -0.1) is 0 Å². The maximum atomic E-state index is 9.94. The lowest BCUT2D eigenvalue weighted by Gasteiger charge is -2.45. The van der Waals surface area contributed by atoms with Gasteiger partial charge < -0.3 is 60.2 Å². The van der Waals surface area contributed by atoms with Crippen LogP contribution in [0, 0.1) is 6.92 Å². The van der Waals surface area contributed by atoms with Gasteiger partial charge in [-0.25, -0.2) is 0 Å². The minimum absolute atomic E-state index is 0.363. The first-order chi connectivity index (χ1) is 16.3. The molecule has 3 rings (SSSR count). The van der Waals surface area contributed by atoms with Gasteiger partial charge in [-0.2, -0.15) is 0 Å². The molecule has 1 aromatic carbocycles. The summed E-state index contributed by atoms with van der Waals surface area (Å²) in [5.74, 6) is 0.742. The number of halogens is 1. The van der Waals surface area contributed by atoms with Crippen LogP contribution in [-0.4, -0.2) is 121 Å². The molecule has 9 N–H and O–H groups in total. The summed E-state index contributed by atoms with van der Waals surface area (Å²) in [5, 5.41) is 86.2. The zero-order chi connectivity index (χ0) is 26.6. The smallest absolute Gasteiger partial charge is 0.187 e. The van der Waals surface area contributed by atoms with Gasteiger partial charge in [0.2, 0.25) is 0 Å². The maximum Gasteiger partial charge on any atom is 0.187 e. The zero-order valence-corrected chi connectivity index (χ0v) is 21.1. The summed E-state index contributed by atoms with van der Waals surface area (Å²) in [6, 6.07) is 3.99. The lowest BCUT2D eigenvalue weighted by Crippen LogP contribution is -2.64. The average molecular weight is 571 g/mol. The normalized spacial score (nSPS) is 37.6. The Kier molecular flexibility index (Phi) is 11.3. The minimum atomic E-state index is -1.74. The molecule has 2 aliphatic rings. The van der Waals surface area contributed by atoms with Crippen molar-refractivity contribution in [2.45, 2.75) is 88.1 Å². The van der Waals surface area contributed by atoms with E-state index in [4.69, 9.17) is 19.3 Å². The molecule has 2 heterocycles. The molecule has 0 bridgehead atoms. The number of aryl methyl sites for hydroxylation is 1. The standard InChI is InChI=1S/C12H22O11.C10H13BrO/c13-1-3-5(15)6(16)9(19)12(22-3)23-10-4(2-14)21-11(20)8(18)7(10)17;1-6(2)8-5-4-7(3)9(11)10(8)12/h3-20H,1-2H2;4-6,12H,1-3H3/t3-,4-,5+,6+,7-,8-,9-,10-,11?,12+;/m1./s1. The molecule has 0 saturated carbocycles. The van der Waals surface area contributed by atoms with E-state index in [0.717, 1.165) is 15.6 Å². The topological polar surface area (TPSA) is 210 Å². The fourth-order valence-electron chi connectivity index (χ4n) is 3.72. The summed E-state index contributed by atoms with van der Waals surface area (Å²) in [6.07, 6.45) is -15.6. The van der Waals surface area contributed by atoms with Crippen LogP contribution in [0.25, 0.3) is 0 Å². The number of aliphatic hydroxyl groups excluding tert-OH is 8. The van der Waals surface area contributed by atoms with Gasteiger partial charge >= 0.3 is 0 Å². The van der Waals surface area contributed by atoms with Crippen molar-refractivity contribution in [1.29, 1.82) is 0 Å². The van der Waals surface area contributed by atoms with E-state index in [1.807, 2.05) is 19.1 Å². The molecular weight excluding hydrogens is 536 g/mol. The second-order valence-corrected chi connectivity index (χ2v) is 9.61. The van der Waals surface area contributed by atoms with Crippen molar-refractivity contribution < 1.29 is 60.2 Å². The number of ether oxygens (including phenoxy) is 3. The Hall–Kier alpha value is -0.940. The van der Waals surface area contributed by atoms with E-state index in [2.05, 4.69) is 29.8 Å². The largest absolute Gasteiger partial charge is 0.506 e. The second-order valence-electron chi connectivity index (χ2n) is 8.82. The van der Waals surface area contributed by atoms with Crippen molar-refractivity contribution >= 4 is 15.9 Å². The van der Waals surface area contributed by atoms with E-state index in [9.17, 15) is 40.9 Å². The summed E-state index contributed by atoms with van der Waals surface area (Å²) < 4.78 is 16.1. The highest BCUT2D eigenvalue weighted by atomic mass is 79.9. The molecule has 35 heavy (non-hydrogen) atoms. The Balaban J connectivity index is 0.000000303. The third-order valence-electron chi connectivity index (χ3n) is 5.94. The van der Waals surface area contributed by atoms with Crippen LogP contribution in [-0.2, 0) is 14.2 Å². The zero-order valence-electron chi connectivity index (χ0n) is 19.5. The predicted octanol–water partition coefficient (Wildman–Crippen LogP) is -1.81. The Morgan fingerprint density at radius 3 is 2.00 bits per heavy atom. The molecule has 0 aliphatic carbocycles. The van der Waals surface area contributed by atoms with Crippen molar-refractivity contribution in [3.63, 3.8) is 0 Å². The molecule has 2 saturated heterocycles. The van der Waals surface area contributed by atoms with Crippen molar-refractivity contribution in [3.8, 4) is 5.75 Å². The molecule has 10 atom stereocenters. The van der Waals surface area contributed by atoms with Gasteiger partial charge in [-0.05, 0) is 39.9 Å². The van der Waals surface area contributed by atoms with Crippen LogP contribution in [0.1, 0.15) is 30.9 Å². The highest BCUT2D eigenvalue weighted by Gasteiger charge is 2.50. The maximum absolute atomic E-state index is 9.94. The van der Waals surface area contributed by atoms with Gasteiger partial charge in [-0.1, -0.05) is 26.0 Å². The number of benzene rings is 1. The molecule has 1 aromatic rings. The summed E-state index contributed by atoms with van der Waals surface area (Å²) in [5.41, 5.74) is 2.06. The summed E-state index contributed by atoms with van der Waals surface area (Å²) >= 11 is 3.35. The average Bonchev–Trinajstić information content (AvgIpc) is 2.82. The van der Waals surface area contributed by atoms with Crippen LogP contribution in [0.5, 0.6) is 5.75 Å². The van der Waals surface area contributed by atoms with Crippen molar-refractivity contribution in [3.05, 3.63) is 27.7 Å². The van der Waals surface area contributed by atoms with E-state index in [1.54, 1.807) is 0 Å². The van der Waals surface area contributed by atoms with Crippen LogP contribution in [0.3, 0.4) is 0 Å². The van der Waals surface area contributed by atoms with E-state index in [1.165, 1.54) is 0 Å². The lowest BCUT2D eigenvalue weighted by molar-refractivity contribution is -0.355. The molecule has 0 spiro atoms. The molecule has 0 radical (unpaired) electrons. The first-order valence-electron chi connectivity index (χ1n) is 11.1. The number of rotatable bonds is 5. The molecule has 0 amide bonds. The molecule has 0 aromatic heterocycles. The molecule has 13 heteroatoms.